The van der Waals surface area contributed by atoms with Gasteiger partial charge in [-0.2, -0.15) is 11.8 Å². The molecule has 0 aromatic heterocycles. The van der Waals surface area contributed by atoms with E-state index in [2.05, 4.69) is 11.2 Å². The van der Waals surface area contributed by atoms with Crippen LogP contribution in [0.3, 0.4) is 0 Å². The summed E-state index contributed by atoms with van der Waals surface area (Å²) in [5, 5.41) is 9.36. The van der Waals surface area contributed by atoms with Crippen molar-refractivity contribution in [2.75, 3.05) is 31.6 Å². The molecule has 1 fully saturated rings. The van der Waals surface area contributed by atoms with E-state index in [1.807, 2.05) is 18.7 Å². The molecule has 1 saturated heterocycles. The molecule has 0 aromatic rings. The lowest BCUT2D eigenvalue weighted by atomic mass is 10.0. The van der Waals surface area contributed by atoms with Gasteiger partial charge in [-0.3, -0.25) is 0 Å². The van der Waals surface area contributed by atoms with E-state index in [1.54, 1.807) is 0 Å². The molecule has 2 unspecified atom stereocenters. The van der Waals surface area contributed by atoms with Crippen LogP contribution in [0.2, 0.25) is 0 Å². The Morgan fingerprint density at radius 3 is 2.92 bits per heavy atom. The minimum absolute atomic E-state index is 0.121. The zero-order valence-corrected chi connectivity index (χ0v) is 8.81. The molecule has 3 heteroatoms. The van der Waals surface area contributed by atoms with Crippen molar-refractivity contribution in [3.63, 3.8) is 0 Å². The minimum Gasteiger partial charge on any atom is -0.393 e. The molecule has 72 valence electrons. The molecule has 1 heterocycles. The van der Waals surface area contributed by atoms with Crippen molar-refractivity contribution in [3.8, 4) is 0 Å². The summed E-state index contributed by atoms with van der Waals surface area (Å²) in [4.78, 5) is 2.45. The second kappa shape index (κ2) is 5.10. The van der Waals surface area contributed by atoms with Crippen LogP contribution in [0.15, 0.2) is 0 Å². The number of hydrogen-bond acceptors (Lipinski definition) is 3. The van der Waals surface area contributed by atoms with Gasteiger partial charge in [0.15, 0.2) is 0 Å². The van der Waals surface area contributed by atoms with E-state index < -0.39 is 0 Å². The van der Waals surface area contributed by atoms with Gasteiger partial charge < -0.3 is 10.0 Å². The molecule has 12 heavy (non-hydrogen) atoms. The van der Waals surface area contributed by atoms with Crippen molar-refractivity contribution in [2.45, 2.75) is 19.4 Å². The summed E-state index contributed by atoms with van der Waals surface area (Å²) in [6.07, 6.45) is 3.19. The first-order valence-electron chi connectivity index (χ1n) is 4.63. The first kappa shape index (κ1) is 10.4. The number of nitrogens with zero attached hydrogens (tertiary/aromatic N) is 1. The fourth-order valence-electron chi connectivity index (χ4n) is 1.68. The normalized spacial score (nSPS) is 27.8. The second-order valence-electron chi connectivity index (χ2n) is 3.58. The summed E-state index contributed by atoms with van der Waals surface area (Å²) >= 11 is 1.89. The van der Waals surface area contributed by atoms with Gasteiger partial charge >= 0.3 is 0 Å². The van der Waals surface area contributed by atoms with Gasteiger partial charge in [-0.1, -0.05) is 0 Å². The molecule has 0 amide bonds. The van der Waals surface area contributed by atoms with E-state index in [0.29, 0.717) is 5.92 Å². The summed E-state index contributed by atoms with van der Waals surface area (Å²) in [5.74, 6) is 1.74. The Balaban J connectivity index is 2.17. The third-order valence-electron chi connectivity index (χ3n) is 2.60. The van der Waals surface area contributed by atoms with Gasteiger partial charge in [-0.15, -0.1) is 0 Å². The highest BCUT2D eigenvalue weighted by Gasteiger charge is 2.24. The molecular weight excluding hydrogens is 170 g/mol. The van der Waals surface area contributed by atoms with Crippen LogP contribution in [0.4, 0.5) is 0 Å². The number of likely N-dealkylation sites (tertiary alicyclic amines) is 1. The zero-order chi connectivity index (χ0) is 8.97. The highest BCUT2D eigenvalue weighted by atomic mass is 32.2. The zero-order valence-electron chi connectivity index (χ0n) is 7.99. The molecule has 0 bridgehead atoms. The Hall–Kier alpha value is 0.270. The maximum Gasteiger partial charge on any atom is 0.0552 e. The van der Waals surface area contributed by atoms with E-state index >= 15 is 0 Å². The maximum absolute atomic E-state index is 9.36. The third-order valence-corrected chi connectivity index (χ3v) is 3.19. The third kappa shape index (κ3) is 2.96. The number of thioether (sulfide) groups is 1. The van der Waals surface area contributed by atoms with Crippen molar-refractivity contribution in [2.24, 2.45) is 5.92 Å². The molecule has 1 rings (SSSR count). The summed E-state index contributed by atoms with van der Waals surface area (Å²) in [6, 6.07) is 0. The summed E-state index contributed by atoms with van der Waals surface area (Å²) in [5.41, 5.74) is 0. The summed E-state index contributed by atoms with van der Waals surface area (Å²) < 4.78 is 0. The quantitative estimate of drug-likeness (QED) is 0.715. The van der Waals surface area contributed by atoms with Crippen molar-refractivity contribution in [1.29, 1.82) is 0 Å². The molecular formula is C9H19NOS. The SMILES string of the molecule is CSCCN1CCC(C(C)O)C1. The van der Waals surface area contributed by atoms with Crippen LogP contribution >= 0.6 is 11.8 Å². The van der Waals surface area contributed by atoms with Gasteiger partial charge in [-0.05, 0) is 32.1 Å². The van der Waals surface area contributed by atoms with E-state index in [1.165, 1.54) is 25.3 Å². The molecule has 1 N–H and O–H groups in total. The van der Waals surface area contributed by atoms with Crippen molar-refractivity contribution >= 4 is 11.8 Å². The Morgan fingerprint density at radius 1 is 1.67 bits per heavy atom. The molecule has 1 aliphatic heterocycles. The predicted molar refractivity (Wildman–Crippen MR) is 54.6 cm³/mol. The highest BCUT2D eigenvalue weighted by Crippen LogP contribution is 2.19. The largest absolute Gasteiger partial charge is 0.393 e. The van der Waals surface area contributed by atoms with Gasteiger partial charge in [0.1, 0.15) is 0 Å². The Morgan fingerprint density at radius 2 is 2.42 bits per heavy atom. The molecule has 0 radical (unpaired) electrons. The molecule has 0 saturated carbocycles. The van der Waals surface area contributed by atoms with Crippen molar-refractivity contribution < 1.29 is 5.11 Å². The number of aliphatic hydroxyl groups is 1. The summed E-state index contributed by atoms with van der Waals surface area (Å²) in [6.45, 7) is 5.36. The standard InChI is InChI=1S/C9H19NOS/c1-8(11)9-3-4-10(7-9)5-6-12-2/h8-9,11H,3-7H2,1-2H3. The smallest absolute Gasteiger partial charge is 0.0552 e. The minimum atomic E-state index is -0.121. The molecule has 0 aromatic carbocycles. The van der Waals surface area contributed by atoms with E-state index in [-0.39, 0.29) is 6.10 Å². The Kier molecular flexibility index (Phi) is 4.40. The lowest BCUT2D eigenvalue weighted by Gasteiger charge is -2.16. The lowest BCUT2D eigenvalue weighted by molar-refractivity contribution is 0.128. The van der Waals surface area contributed by atoms with Crippen molar-refractivity contribution in [1.82, 2.24) is 4.90 Å². The lowest BCUT2D eigenvalue weighted by Crippen LogP contribution is -2.26. The Labute approximate surface area is 79.3 Å². The average Bonchev–Trinajstić information content (AvgIpc) is 2.48. The predicted octanol–water partition coefficient (Wildman–Crippen LogP) is 1.05. The van der Waals surface area contributed by atoms with Crippen LogP contribution < -0.4 is 0 Å². The fourth-order valence-corrected chi connectivity index (χ4v) is 2.12. The molecule has 1 aliphatic rings. The van der Waals surface area contributed by atoms with E-state index in [0.717, 1.165) is 6.54 Å². The van der Waals surface area contributed by atoms with Gasteiger partial charge in [0.2, 0.25) is 0 Å². The monoisotopic (exact) mass is 189 g/mol. The molecule has 2 atom stereocenters. The molecule has 2 nitrogen and oxygen atoms in total. The van der Waals surface area contributed by atoms with Crippen LogP contribution in [-0.2, 0) is 0 Å². The van der Waals surface area contributed by atoms with Crippen LogP contribution in [0.5, 0.6) is 0 Å². The van der Waals surface area contributed by atoms with Crippen LogP contribution in [0, 0.1) is 5.92 Å². The summed E-state index contributed by atoms with van der Waals surface area (Å²) in [7, 11) is 0. The fraction of sp³-hybridized carbons (Fsp3) is 1.00. The van der Waals surface area contributed by atoms with Crippen LogP contribution in [-0.4, -0.2) is 47.8 Å². The average molecular weight is 189 g/mol. The maximum atomic E-state index is 9.36. The Bertz CT molecular complexity index is 130. The first-order chi connectivity index (χ1) is 5.74. The van der Waals surface area contributed by atoms with Gasteiger partial charge in [0.25, 0.3) is 0 Å². The topological polar surface area (TPSA) is 23.5 Å². The van der Waals surface area contributed by atoms with Gasteiger partial charge in [-0.25, -0.2) is 0 Å². The number of aliphatic hydroxyl groups excluding tert-OH is 1. The van der Waals surface area contributed by atoms with E-state index in [4.69, 9.17) is 0 Å². The number of rotatable bonds is 4. The first-order valence-corrected chi connectivity index (χ1v) is 6.02. The van der Waals surface area contributed by atoms with E-state index in [9.17, 15) is 5.11 Å². The van der Waals surface area contributed by atoms with Crippen LogP contribution in [0.1, 0.15) is 13.3 Å². The molecule has 0 aliphatic carbocycles. The van der Waals surface area contributed by atoms with Crippen LogP contribution in [0.25, 0.3) is 0 Å². The van der Waals surface area contributed by atoms with Gasteiger partial charge in [0.05, 0.1) is 6.10 Å². The molecule has 0 spiro atoms. The second-order valence-corrected chi connectivity index (χ2v) is 4.57. The number of hydrogen-bond donors (Lipinski definition) is 1. The van der Waals surface area contributed by atoms with Crippen molar-refractivity contribution in [3.05, 3.63) is 0 Å². The van der Waals surface area contributed by atoms with Gasteiger partial charge in [0, 0.05) is 18.8 Å². The highest BCUT2D eigenvalue weighted by molar-refractivity contribution is 7.98.